The maximum Gasteiger partial charge on any atom is 0.416 e. The minimum absolute atomic E-state index is 0.0905. The van der Waals surface area contributed by atoms with Crippen LogP contribution in [0.1, 0.15) is 16.7 Å². The number of amides is 1. The van der Waals surface area contributed by atoms with Crippen LogP contribution in [0.2, 0.25) is 5.02 Å². The number of thioether (sulfide) groups is 1. The molecule has 1 N–H and O–H groups in total. The van der Waals surface area contributed by atoms with Crippen LogP contribution in [-0.4, -0.2) is 18.2 Å². The molecule has 35 heavy (non-hydrogen) atoms. The van der Waals surface area contributed by atoms with Crippen molar-refractivity contribution in [2.24, 2.45) is 4.99 Å². The highest BCUT2D eigenvalue weighted by atomic mass is 35.5. The Morgan fingerprint density at radius 2 is 1.83 bits per heavy atom. The molecule has 1 aliphatic heterocycles. The molecule has 1 aliphatic rings. The van der Waals surface area contributed by atoms with Crippen molar-refractivity contribution in [3.63, 3.8) is 0 Å². The summed E-state index contributed by atoms with van der Waals surface area (Å²) >= 11 is 6.94. The van der Waals surface area contributed by atoms with Gasteiger partial charge in [0.1, 0.15) is 6.61 Å². The average Bonchev–Trinajstić information content (AvgIpc) is 3.17. The molecule has 0 bridgehead atoms. The van der Waals surface area contributed by atoms with Gasteiger partial charge in [0.05, 0.1) is 23.3 Å². The van der Waals surface area contributed by atoms with Gasteiger partial charge in [-0.15, -0.1) is 0 Å². The molecule has 3 aromatic carbocycles. The van der Waals surface area contributed by atoms with Crippen LogP contribution in [0.5, 0.6) is 11.5 Å². The number of carbonyl (C=O) groups is 1. The summed E-state index contributed by atoms with van der Waals surface area (Å²) < 4.78 is 50.1. The van der Waals surface area contributed by atoms with Crippen molar-refractivity contribution in [3.8, 4) is 11.5 Å². The van der Waals surface area contributed by atoms with Crippen molar-refractivity contribution >= 4 is 46.2 Å². The van der Waals surface area contributed by atoms with Crippen LogP contribution >= 0.6 is 23.4 Å². The van der Waals surface area contributed by atoms with E-state index in [1.807, 2.05) is 12.1 Å². The van der Waals surface area contributed by atoms with E-state index in [0.29, 0.717) is 33.6 Å². The van der Waals surface area contributed by atoms with Crippen LogP contribution in [0, 0.1) is 0 Å². The summed E-state index contributed by atoms with van der Waals surface area (Å²) in [5, 5.41) is 3.40. The van der Waals surface area contributed by atoms with E-state index in [-0.39, 0.29) is 10.9 Å². The summed E-state index contributed by atoms with van der Waals surface area (Å²) in [6.45, 7) is 0.321. The Bertz CT molecular complexity index is 1310. The van der Waals surface area contributed by atoms with E-state index in [1.165, 1.54) is 19.2 Å². The van der Waals surface area contributed by atoms with Gasteiger partial charge in [0.25, 0.3) is 5.91 Å². The molecule has 3 aromatic rings. The van der Waals surface area contributed by atoms with E-state index in [9.17, 15) is 18.0 Å². The normalized spacial score (nSPS) is 16.0. The van der Waals surface area contributed by atoms with Gasteiger partial charge in [-0.05, 0) is 71.4 Å². The number of amidine groups is 1. The number of carbonyl (C=O) groups excluding carboxylic acids is 1. The summed E-state index contributed by atoms with van der Waals surface area (Å²) in [7, 11) is 1.51. The zero-order chi connectivity index (χ0) is 25.0. The van der Waals surface area contributed by atoms with E-state index in [2.05, 4.69) is 10.3 Å². The van der Waals surface area contributed by atoms with Gasteiger partial charge in [-0.1, -0.05) is 35.9 Å². The molecule has 5 nitrogen and oxygen atoms in total. The highest BCUT2D eigenvalue weighted by molar-refractivity contribution is 8.18. The van der Waals surface area contributed by atoms with Crippen molar-refractivity contribution in [2.45, 2.75) is 12.8 Å². The Labute approximate surface area is 208 Å². The fraction of sp³-hybridized carbons (Fsp3) is 0.120. The van der Waals surface area contributed by atoms with Gasteiger partial charge < -0.3 is 14.8 Å². The molecule has 1 heterocycles. The molecule has 0 atom stereocenters. The number of benzene rings is 3. The van der Waals surface area contributed by atoms with Gasteiger partial charge in [-0.25, -0.2) is 4.99 Å². The van der Waals surface area contributed by atoms with Gasteiger partial charge in [0, 0.05) is 5.02 Å². The van der Waals surface area contributed by atoms with Crippen LogP contribution in [-0.2, 0) is 17.6 Å². The lowest BCUT2D eigenvalue weighted by molar-refractivity contribution is -0.137. The van der Waals surface area contributed by atoms with Gasteiger partial charge in [0.15, 0.2) is 16.7 Å². The smallest absolute Gasteiger partial charge is 0.416 e. The van der Waals surface area contributed by atoms with E-state index >= 15 is 0 Å². The number of hydrogen-bond acceptors (Lipinski definition) is 5. The van der Waals surface area contributed by atoms with E-state index in [0.717, 1.165) is 29.5 Å². The standard InChI is InChI=1S/C25H18ClF3N2O3S/c1-33-21-11-16(7-10-20(21)34-14-15-5-8-18(26)9-6-15)12-22-23(32)31-24(35-22)30-19-4-2-3-17(13-19)25(27,28)29/h2-13H,14H2,1H3,(H,30,31,32). The number of ether oxygens (including phenoxy) is 2. The Morgan fingerprint density at radius 1 is 1.06 bits per heavy atom. The second-order valence-corrected chi connectivity index (χ2v) is 8.82. The lowest BCUT2D eigenvalue weighted by Gasteiger charge is -2.11. The van der Waals surface area contributed by atoms with Gasteiger partial charge in [-0.2, -0.15) is 13.2 Å². The summed E-state index contributed by atoms with van der Waals surface area (Å²) in [4.78, 5) is 16.9. The molecule has 0 aromatic heterocycles. The van der Waals surface area contributed by atoms with Gasteiger partial charge in [0.2, 0.25) is 0 Å². The second kappa shape index (κ2) is 10.5. The van der Waals surface area contributed by atoms with Crippen LogP contribution in [0.4, 0.5) is 18.9 Å². The van der Waals surface area contributed by atoms with Crippen molar-refractivity contribution < 1.29 is 27.4 Å². The van der Waals surface area contributed by atoms with Crippen molar-refractivity contribution in [1.29, 1.82) is 0 Å². The van der Waals surface area contributed by atoms with Gasteiger partial charge in [-0.3, -0.25) is 4.79 Å². The topological polar surface area (TPSA) is 59.9 Å². The van der Waals surface area contributed by atoms with Crippen molar-refractivity contribution in [3.05, 3.63) is 93.3 Å². The lowest BCUT2D eigenvalue weighted by Crippen LogP contribution is -2.19. The summed E-state index contributed by atoms with van der Waals surface area (Å²) in [6.07, 6.45) is -2.84. The van der Waals surface area contributed by atoms with Crippen LogP contribution in [0.3, 0.4) is 0 Å². The number of nitrogens with zero attached hydrogens (tertiary/aromatic N) is 1. The number of rotatable bonds is 6. The number of nitrogens with one attached hydrogen (secondary N) is 1. The molecular formula is C25H18ClF3N2O3S. The molecule has 0 aliphatic carbocycles. The highest BCUT2D eigenvalue weighted by Gasteiger charge is 2.30. The quantitative estimate of drug-likeness (QED) is 0.363. The molecule has 0 unspecified atom stereocenters. The average molecular weight is 519 g/mol. The summed E-state index contributed by atoms with van der Waals surface area (Å²) in [5.41, 5.74) is 0.899. The van der Waals surface area contributed by atoms with E-state index in [4.69, 9.17) is 21.1 Å². The van der Waals surface area contributed by atoms with E-state index < -0.39 is 17.6 Å². The van der Waals surface area contributed by atoms with Crippen molar-refractivity contribution in [2.75, 3.05) is 7.11 Å². The Hall–Kier alpha value is -3.43. The third-order valence-electron chi connectivity index (χ3n) is 4.85. The van der Waals surface area contributed by atoms with Crippen LogP contribution < -0.4 is 14.8 Å². The number of methoxy groups -OCH3 is 1. The number of aliphatic imine (C=N–C) groups is 1. The predicted octanol–water partition coefficient (Wildman–Crippen LogP) is 6.84. The molecule has 1 fully saturated rings. The minimum Gasteiger partial charge on any atom is -0.493 e. The van der Waals surface area contributed by atoms with Crippen LogP contribution in [0.15, 0.2) is 76.6 Å². The molecule has 180 valence electrons. The fourth-order valence-electron chi connectivity index (χ4n) is 3.14. The lowest BCUT2D eigenvalue weighted by atomic mass is 10.2. The second-order valence-electron chi connectivity index (χ2n) is 7.36. The first-order valence-corrected chi connectivity index (χ1v) is 11.4. The molecule has 1 amide bonds. The molecule has 10 heteroatoms. The molecule has 0 radical (unpaired) electrons. The monoisotopic (exact) mass is 518 g/mol. The fourth-order valence-corrected chi connectivity index (χ4v) is 4.10. The molecule has 0 saturated carbocycles. The van der Waals surface area contributed by atoms with Crippen LogP contribution in [0.25, 0.3) is 6.08 Å². The summed E-state index contributed by atoms with van der Waals surface area (Å²) in [5.74, 6) is 0.609. The minimum atomic E-state index is -4.48. The molecular weight excluding hydrogens is 501 g/mol. The maximum absolute atomic E-state index is 12.9. The predicted molar refractivity (Wildman–Crippen MR) is 131 cm³/mol. The van der Waals surface area contributed by atoms with E-state index in [1.54, 1.807) is 36.4 Å². The number of halogens is 4. The Kier molecular flexibility index (Phi) is 7.37. The Balaban J connectivity index is 1.48. The molecule has 1 saturated heterocycles. The van der Waals surface area contributed by atoms with Crippen molar-refractivity contribution in [1.82, 2.24) is 5.32 Å². The summed E-state index contributed by atoms with van der Waals surface area (Å²) in [6, 6.07) is 17.1. The highest BCUT2D eigenvalue weighted by Crippen LogP contribution is 2.34. The maximum atomic E-state index is 12.9. The molecule has 4 rings (SSSR count). The SMILES string of the molecule is COc1cc(C=C2SC(=Nc3cccc(C(F)(F)F)c3)NC2=O)ccc1OCc1ccc(Cl)cc1. The third kappa shape index (κ3) is 6.37. The molecule has 0 spiro atoms. The largest absolute Gasteiger partial charge is 0.493 e. The van der Waals surface area contributed by atoms with Gasteiger partial charge >= 0.3 is 6.18 Å². The first kappa shape index (κ1) is 24.7. The zero-order valence-corrected chi connectivity index (χ0v) is 19.8. The number of hydrogen-bond donors (Lipinski definition) is 1. The number of alkyl halides is 3. The first-order valence-electron chi connectivity index (χ1n) is 10.2. The third-order valence-corrected chi connectivity index (χ3v) is 6.01. The Morgan fingerprint density at radius 3 is 2.54 bits per heavy atom. The first-order chi connectivity index (χ1) is 16.7. The zero-order valence-electron chi connectivity index (χ0n) is 18.2.